The summed E-state index contributed by atoms with van der Waals surface area (Å²) in [5, 5.41) is 1.12. The predicted octanol–water partition coefficient (Wildman–Crippen LogP) is 4.20. The van der Waals surface area contributed by atoms with Gasteiger partial charge in [0, 0.05) is 33.5 Å². The van der Waals surface area contributed by atoms with Gasteiger partial charge in [-0.3, -0.25) is 19.2 Å². The number of rotatable bonds is 4. The first-order chi connectivity index (χ1) is 11.9. The van der Waals surface area contributed by atoms with Crippen LogP contribution in [0.5, 0.6) is 0 Å². The molecule has 0 amide bonds. The number of nitrogens with zero attached hydrogens (tertiary/aromatic N) is 4. The molecule has 1 aliphatic heterocycles. The minimum Gasteiger partial charge on any atom is -0.298 e. The van der Waals surface area contributed by atoms with Crippen molar-refractivity contribution in [3.8, 4) is 0 Å². The minimum atomic E-state index is 0.0314. The van der Waals surface area contributed by atoms with Crippen molar-refractivity contribution in [3.05, 3.63) is 49.9 Å². The molecule has 0 spiro atoms. The molecule has 0 saturated heterocycles. The molecule has 1 aromatic heterocycles. The lowest BCUT2D eigenvalue weighted by Crippen LogP contribution is -2.48. The molecule has 0 bridgehead atoms. The van der Waals surface area contributed by atoms with E-state index in [0.29, 0.717) is 35.8 Å². The molecule has 2 aromatic rings. The molecule has 25 heavy (non-hydrogen) atoms. The van der Waals surface area contributed by atoms with Crippen molar-refractivity contribution in [2.45, 2.75) is 40.3 Å². The number of hydrogen-bond acceptors (Lipinski definition) is 4. The number of anilines is 2. The molecule has 1 aliphatic rings. The van der Waals surface area contributed by atoms with Crippen molar-refractivity contribution in [2.24, 2.45) is 0 Å². The summed E-state index contributed by atoms with van der Waals surface area (Å²) in [5.41, 5.74) is 2.42. The highest BCUT2D eigenvalue weighted by Gasteiger charge is 2.27. The van der Waals surface area contributed by atoms with Gasteiger partial charge in [-0.2, -0.15) is 0 Å². The molecular weight excluding hydrogens is 359 g/mol. The monoisotopic (exact) mass is 380 g/mol. The number of benzene rings is 1. The van der Waals surface area contributed by atoms with Crippen molar-refractivity contribution in [2.75, 3.05) is 18.1 Å². The third kappa shape index (κ3) is 3.54. The van der Waals surface area contributed by atoms with Gasteiger partial charge in [0.25, 0.3) is 5.56 Å². The fourth-order valence-corrected chi connectivity index (χ4v) is 3.80. The molecule has 3 rings (SSSR count). The smallest absolute Gasteiger partial charge is 0.259 e. The van der Waals surface area contributed by atoms with Crippen LogP contribution in [0.2, 0.25) is 10.0 Å². The van der Waals surface area contributed by atoms with Gasteiger partial charge < -0.3 is 0 Å². The van der Waals surface area contributed by atoms with Crippen molar-refractivity contribution in [1.29, 1.82) is 0 Å². The van der Waals surface area contributed by atoms with Crippen LogP contribution in [-0.4, -0.2) is 27.7 Å². The van der Waals surface area contributed by atoms with Crippen LogP contribution in [-0.2, 0) is 13.1 Å². The van der Waals surface area contributed by atoms with Crippen molar-refractivity contribution >= 4 is 34.8 Å². The maximum atomic E-state index is 12.9. The summed E-state index contributed by atoms with van der Waals surface area (Å²) in [7, 11) is 0. The summed E-state index contributed by atoms with van der Waals surface area (Å²) < 4.78 is 1.75. The van der Waals surface area contributed by atoms with Gasteiger partial charge in [0.1, 0.15) is 0 Å². The fraction of sp³-hybridized carbons (Fsp3) is 0.444. The molecule has 0 N–H and O–H groups in total. The van der Waals surface area contributed by atoms with Crippen LogP contribution in [0, 0.1) is 6.92 Å². The zero-order chi connectivity index (χ0) is 18.1. The zero-order valence-corrected chi connectivity index (χ0v) is 16.2. The van der Waals surface area contributed by atoms with Gasteiger partial charge in [-0.05, 0) is 38.0 Å². The van der Waals surface area contributed by atoms with Crippen LogP contribution >= 0.6 is 23.2 Å². The highest BCUT2D eigenvalue weighted by molar-refractivity contribution is 6.35. The lowest BCUT2D eigenvalue weighted by Gasteiger charge is -2.38. The third-order valence-corrected chi connectivity index (χ3v) is 4.86. The highest BCUT2D eigenvalue weighted by Crippen LogP contribution is 2.32. The van der Waals surface area contributed by atoms with Crippen LogP contribution in [0.4, 0.5) is 11.6 Å². The molecule has 1 aromatic carbocycles. The van der Waals surface area contributed by atoms with Gasteiger partial charge in [-0.1, -0.05) is 37.0 Å². The first-order valence-electron chi connectivity index (χ1n) is 8.50. The Hall–Kier alpha value is -1.56. The third-order valence-electron chi connectivity index (χ3n) is 4.43. The minimum absolute atomic E-state index is 0.0314. The molecule has 7 heteroatoms. The summed E-state index contributed by atoms with van der Waals surface area (Å²) >= 11 is 12.4. The summed E-state index contributed by atoms with van der Waals surface area (Å²) in [6.07, 6.45) is 1.68. The number of fused-ring (bicyclic) bond motifs is 1. The van der Waals surface area contributed by atoms with E-state index in [9.17, 15) is 4.79 Å². The van der Waals surface area contributed by atoms with Crippen LogP contribution in [0.1, 0.15) is 31.5 Å². The Labute approximate surface area is 157 Å². The molecule has 2 heterocycles. The van der Waals surface area contributed by atoms with E-state index in [0.717, 1.165) is 29.9 Å². The Kier molecular flexibility index (Phi) is 5.37. The largest absolute Gasteiger partial charge is 0.298 e. The van der Waals surface area contributed by atoms with Crippen LogP contribution < -0.4 is 10.5 Å². The van der Waals surface area contributed by atoms with Crippen LogP contribution in [0.15, 0.2) is 23.0 Å². The van der Waals surface area contributed by atoms with E-state index in [-0.39, 0.29) is 5.56 Å². The van der Waals surface area contributed by atoms with Crippen molar-refractivity contribution in [3.63, 3.8) is 0 Å². The summed E-state index contributed by atoms with van der Waals surface area (Å²) in [6, 6.07) is 5.40. The summed E-state index contributed by atoms with van der Waals surface area (Å²) in [4.78, 5) is 21.9. The molecule has 0 atom stereocenters. The van der Waals surface area contributed by atoms with Gasteiger partial charge in [0.15, 0.2) is 0 Å². The summed E-state index contributed by atoms with van der Waals surface area (Å²) in [6.45, 7) is 8.09. The number of aromatic nitrogens is 2. The Morgan fingerprint density at radius 1 is 1.12 bits per heavy atom. The molecule has 0 aliphatic carbocycles. The Morgan fingerprint density at radius 3 is 2.40 bits per heavy atom. The molecule has 134 valence electrons. The van der Waals surface area contributed by atoms with Gasteiger partial charge >= 0.3 is 0 Å². The number of aryl methyl sites for hydroxylation is 1. The van der Waals surface area contributed by atoms with Gasteiger partial charge in [-0.15, -0.1) is 0 Å². The molecule has 0 fully saturated rings. The lowest BCUT2D eigenvalue weighted by atomic mass is 10.2. The molecule has 5 nitrogen and oxygen atoms in total. The SMILES string of the molecule is CCCN1CN(c2cc(Cl)cc(Cl)c2)c2nc(C)c(CC)c(=O)n2C1. The predicted molar refractivity (Wildman–Crippen MR) is 103 cm³/mol. The van der Waals surface area contributed by atoms with E-state index >= 15 is 0 Å². The lowest BCUT2D eigenvalue weighted by molar-refractivity contribution is 0.198. The van der Waals surface area contributed by atoms with E-state index in [4.69, 9.17) is 28.2 Å². The number of hydrogen-bond donors (Lipinski definition) is 0. The highest BCUT2D eigenvalue weighted by atomic mass is 35.5. The van der Waals surface area contributed by atoms with E-state index in [1.807, 2.05) is 30.9 Å². The first kappa shape index (κ1) is 18.2. The number of halogens is 2. The van der Waals surface area contributed by atoms with Gasteiger partial charge in [-0.25, -0.2) is 4.98 Å². The van der Waals surface area contributed by atoms with Crippen LogP contribution in [0.3, 0.4) is 0 Å². The van der Waals surface area contributed by atoms with Crippen LogP contribution in [0.25, 0.3) is 0 Å². The Morgan fingerprint density at radius 2 is 1.80 bits per heavy atom. The second-order valence-electron chi connectivity index (χ2n) is 6.30. The standard InChI is InChI=1S/C18H22Cl2N4O/c1-4-6-22-10-23(15-8-13(19)7-14(20)9-15)18-21-12(3)16(5-2)17(25)24(18)11-22/h7-9H,4-6,10-11H2,1-3H3. The quantitative estimate of drug-likeness (QED) is 0.796. The van der Waals surface area contributed by atoms with Gasteiger partial charge in [0.2, 0.25) is 5.95 Å². The fourth-order valence-electron chi connectivity index (χ4n) is 3.28. The Bertz CT molecular complexity index is 829. The van der Waals surface area contributed by atoms with Crippen molar-refractivity contribution in [1.82, 2.24) is 14.5 Å². The average Bonchev–Trinajstić information content (AvgIpc) is 2.55. The van der Waals surface area contributed by atoms with Crippen molar-refractivity contribution < 1.29 is 0 Å². The average molecular weight is 381 g/mol. The second-order valence-corrected chi connectivity index (χ2v) is 7.17. The zero-order valence-electron chi connectivity index (χ0n) is 14.7. The van der Waals surface area contributed by atoms with E-state index in [1.165, 1.54) is 0 Å². The summed E-state index contributed by atoms with van der Waals surface area (Å²) in [5.74, 6) is 0.644. The first-order valence-corrected chi connectivity index (χ1v) is 9.26. The molecule has 0 unspecified atom stereocenters. The van der Waals surface area contributed by atoms with E-state index in [2.05, 4.69) is 11.8 Å². The molecule has 0 saturated carbocycles. The molecular formula is C18H22Cl2N4O. The topological polar surface area (TPSA) is 41.4 Å². The molecule has 0 radical (unpaired) electrons. The van der Waals surface area contributed by atoms with E-state index in [1.54, 1.807) is 10.6 Å². The van der Waals surface area contributed by atoms with Gasteiger partial charge in [0.05, 0.1) is 13.3 Å². The normalized spacial score (nSPS) is 14.7. The second kappa shape index (κ2) is 7.36. The Balaban J connectivity index is 2.18. The maximum Gasteiger partial charge on any atom is 0.259 e. The van der Waals surface area contributed by atoms with E-state index < -0.39 is 0 Å². The maximum absolute atomic E-state index is 12.9.